The van der Waals surface area contributed by atoms with Gasteiger partial charge in [-0.15, -0.1) is 0 Å². The fourth-order valence-electron chi connectivity index (χ4n) is 2.68. The highest BCUT2D eigenvalue weighted by Crippen LogP contribution is 2.37. The van der Waals surface area contributed by atoms with E-state index in [9.17, 15) is 20.1 Å². The Morgan fingerprint density at radius 2 is 1.56 bits per heavy atom. The maximum atomic E-state index is 12.5. The number of phenolic OH excluding ortho intramolecular Hbond substituents is 4. The lowest BCUT2D eigenvalue weighted by Gasteiger charge is -2.31. The lowest BCUT2D eigenvalue weighted by atomic mass is 10.0. The summed E-state index contributed by atoms with van der Waals surface area (Å²) in [6, 6.07) is 8.31. The van der Waals surface area contributed by atoms with E-state index < -0.39 is 42.4 Å². The first-order chi connectivity index (χ1) is 15.0. The van der Waals surface area contributed by atoms with E-state index in [4.69, 9.17) is 34.6 Å². The van der Waals surface area contributed by atoms with E-state index in [1.807, 2.05) is 0 Å². The molecule has 0 saturated carbocycles. The monoisotopic (exact) mass is 454 g/mol. The molecule has 1 heterocycles. The number of aliphatic hydroxyl groups excluding tert-OH is 2. The van der Waals surface area contributed by atoms with Gasteiger partial charge in [0.05, 0.1) is 6.10 Å². The van der Waals surface area contributed by atoms with Crippen LogP contribution < -0.4 is 4.74 Å². The Balaban J connectivity index is 0.000000380. The van der Waals surface area contributed by atoms with Gasteiger partial charge in [-0.1, -0.05) is 12.1 Å². The van der Waals surface area contributed by atoms with Crippen molar-refractivity contribution in [2.75, 3.05) is 6.61 Å². The highest BCUT2D eigenvalue weighted by Gasteiger charge is 2.38. The molecule has 11 heteroatoms. The fourth-order valence-corrected chi connectivity index (χ4v) is 2.68. The number of hydrogen-bond donors (Lipinski definition) is 7. The summed E-state index contributed by atoms with van der Waals surface area (Å²) < 4.78 is 15.9. The number of fused-ring (bicyclic) bond motifs is 1. The van der Waals surface area contributed by atoms with Crippen molar-refractivity contribution in [3.63, 3.8) is 0 Å². The minimum Gasteiger partial charge on any atom is -0.508 e. The molecule has 2 aromatic rings. The molecule has 3 atom stereocenters. The van der Waals surface area contributed by atoms with Gasteiger partial charge in [-0.05, 0) is 26.0 Å². The first-order valence-electron chi connectivity index (χ1n) is 9.56. The number of carbonyl (C=O) groups is 1. The van der Waals surface area contributed by atoms with Crippen LogP contribution in [0.15, 0.2) is 36.4 Å². The SMILES string of the molecule is CC(C)OC(OC1COc2cc(O)cc(O)c2C1=O)C(O)C(O)O.Oc1ccccc1O. The molecule has 0 spiro atoms. The summed E-state index contributed by atoms with van der Waals surface area (Å²) in [6.07, 6.45) is -7.12. The summed E-state index contributed by atoms with van der Waals surface area (Å²) in [5.41, 5.74) is -0.175. The normalized spacial score (nSPS) is 17.2. The van der Waals surface area contributed by atoms with Gasteiger partial charge in [0.1, 0.15) is 29.4 Å². The van der Waals surface area contributed by atoms with Gasteiger partial charge in [-0.3, -0.25) is 4.79 Å². The van der Waals surface area contributed by atoms with Crippen LogP contribution in [0.1, 0.15) is 24.2 Å². The van der Waals surface area contributed by atoms with Crippen molar-refractivity contribution >= 4 is 5.78 Å². The minimum absolute atomic E-state index is 0.00131. The second kappa shape index (κ2) is 11.0. The number of ketones is 1. The summed E-state index contributed by atoms with van der Waals surface area (Å²) in [5, 5.41) is 64.5. The molecular formula is C21H26O11. The van der Waals surface area contributed by atoms with Crippen molar-refractivity contribution in [2.45, 2.75) is 44.7 Å². The van der Waals surface area contributed by atoms with E-state index in [2.05, 4.69) is 0 Å². The minimum atomic E-state index is -2.13. The molecule has 0 amide bonds. The number of ether oxygens (including phenoxy) is 3. The average Bonchev–Trinajstić information content (AvgIpc) is 2.70. The van der Waals surface area contributed by atoms with Gasteiger partial charge < -0.3 is 50.0 Å². The third-order valence-electron chi connectivity index (χ3n) is 4.17. The van der Waals surface area contributed by atoms with E-state index >= 15 is 0 Å². The van der Waals surface area contributed by atoms with Crippen molar-refractivity contribution in [2.24, 2.45) is 0 Å². The van der Waals surface area contributed by atoms with E-state index in [1.54, 1.807) is 26.0 Å². The molecule has 0 radical (unpaired) electrons. The van der Waals surface area contributed by atoms with Gasteiger partial charge in [-0.25, -0.2) is 0 Å². The molecule has 3 unspecified atom stereocenters. The van der Waals surface area contributed by atoms with Crippen LogP contribution in [0.2, 0.25) is 0 Å². The number of Topliss-reactive ketones (excluding diaryl/α,β-unsaturated/α-hetero) is 1. The Kier molecular flexibility index (Phi) is 8.63. The molecule has 0 aliphatic carbocycles. The lowest BCUT2D eigenvalue weighted by molar-refractivity contribution is -0.268. The fraction of sp³-hybridized carbons (Fsp3) is 0.381. The molecule has 11 nitrogen and oxygen atoms in total. The zero-order chi connectivity index (χ0) is 24.0. The van der Waals surface area contributed by atoms with Crippen LogP contribution in [0.3, 0.4) is 0 Å². The number of para-hydroxylation sites is 2. The number of aromatic hydroxyl groups is 4. The first kappa shape index (κ1) is 25.2. The quantitative estimate of drug-likeness (QED) is 0.239. The third-order valence-corrected chi connectivity index (χ3v) is 4.17. The Labute approximate surface area is 183 Å². The molecule has 1 aliphatic heterocycles. The molecule has 32 heavy (non-hydrogen) atoms. The van der Waals surface area contributed by atoms with Gasteiger partial charge in [0.15, 0.2) is 36.3 Å². The van der Waals surface area contributed by atoms with Crippen LogP contribution in [0.4, 0.5) is 0 Å². The highest BCUT2D eigenvalue weighted by atomic mass is 16.7. The van der Waals surface area contributed by atoms with Crippen molar-refractivity contribution in [1.82, 2.24) is 0 Å². The van der Waals surface area contributed by atoms with Crippen molar-refractivity contribution in [3.05, 3.63) is 42.0 Å². The van der Waals surface area contributed by atoms with Crippen molar-refractivity contribution in [3.8, 4) is 28.7 Å². The molecule has 0 saturated heterocycles. The summed E-state index contributed by atoms with van der Waals surface area (Å²) in [5.74, 6) is -1.54. The van der Waals surface area contributed by atoms with Crippen LogP contribution in [-0.2, 0) is 9.47 Å². The van der Waals surface area contributed by atoms with Gasteiger partial charge in [0.2, 0.25) is 5.78 Å². The van der Waals surface area contributed by atoms with Crippen LogP contribution in [-0.4, -0.2) is 79.0 Å². The summed E-state index contributed by atoms with van der Waals surface area (Å²) in [6.45, 7) is 3.01. The summed E-state index contributed by atoms with van der Waals surface area (Å²) in [7, 11) is 0. The smallest absolute Gasteiger partial charge is 0.202 e. The zero-order valence-corrected chi connectivity index (χ0v) is 17.3. The first-order valence-corrected chi connectivity index (χ1v) is 9.56. The Morgan fingerprint density at radius 1 is 0.969 bits per heavy atom. The zero-order valence-electron chi connectivity index (χ0n) is 17.3. The number of benzene rings is 2. The maximum absolute atomic E-state index is 12.5. The van der Waals surface area contributed by atoms with Gasteiger partial charge >= 0.3 is 0 Å². The largest absolute Gasteiger partial charge is 0.508 e. The Hall–Kier alpha value is -3.09. The van der Waals surface area contributed by atoms with Crippen LogP contribution in [0.25, 0.3) is 0 Å². The van der Waals surface area contributed by atoms with Gasteiger partial charge in [-0.2, -0.15) is 0 Å². The standard InChI is InChI=1S/C15H20O9.C6H6O2/c1-6(2)23-15(13(19)14(20)21)24-10-5-22-9-4-7(16)3-8(17)11(9)12(10)18;7-5-3-1-2-4-6(5)8/h3-4,6,10,13-17,19-21H,5H2,1-2H3;1-4,7-8H. The molecule has 2 aromatic carbocycles. The number of hydrogen-bond acceptors (Lipinski definition) is 11. The lowest BCUT2D eigenvalue weighted by Crippen LogP contribution is -2.47. The van der Waals surface area contributed by atoms with Gasteiger partial charge in [0, 0.05) is 12.1 Å². The molecule has 7 N–H and O–H groups in total. The van der Waals surface area contributed by atoms with Crippen LogP contribution in [0.5, 0.6) is 28.7 Å². The molecule has 0 aromatic heterocycles. The van der Waals surface area contributed by atoms with Crippen molar-refractivity contribution in [1.29, 1.82) is 0 Å². The Bertz CT molecular complexity index is 892. The number of carbonyl (C=O) groups excluding carboxylic acids is 1. The van der Waals surface area contributed by atoms with E-state index in [-0.39, 0.29) is 35.2 Å². The van der Waals surface area contributed by atoms with Crippen LogP contribution in [0, 0.1) is 0 Å². The highest BCUT2D eigenvalue weighted by molar-refractivity contribution is 6.05. The van der Waals surface area contributed by atoms with Crippen molar-refractivity contribution < 1.29 is 54.8 Å². The number of phenols is 4. The molecule has 0 bridgehead atoms. The summed E-state index contributed by atoms with van der Waals surface area (Å²) >= 11 is 0. The number of rotatable bonds is 6. The summed E-state index contributed by atoms with van der Waals surface area (Å²) in [4.78, 5) is 12.5. The topological polar surface area (TPSA) is 186 Å². The second-order valence-corrected chi connectivity index (χ2v) is 7.08. The molecular weight excluding hydrogens is 428 g/mol. The van der Waals surface area contributed by atoms with Crippen LogP contribution >= 0.6 is 0 Å². The molecule has 0 fully saturated rings. The second-order valence-electron chi connectivity index (χ2n) is 7.08. The molecule has 1 aliphatic rings. The van der Waals surface area contributed by atoms with E-state index in [0.717, 1.165) is 6.07 Å². The predicted molar refractivity (Wildman–Crippen MR) is 108 cm³/mol. The maximum Gasteiger partial charge on any atom is 0.202 e. The predicted octanol–water partition coefficient (Wildman–Crippen LogP) is 0.579. The number of aliphatic hydroxyl groups is 3. The average molecular weight is 454 g/mol. The Morgan fingerprint density at radius 3 is 2.06 bits per heavy atom. The van der Waals surface area contributed by atoms with Gasteiger partial charge in [0.25, 0.3) is 0 Å². The molecule has 176 valence electrons. The van der Waals surface area contributed by atoms with E-state index in [1.165, 1.54) is 18.2 Å². The molecule has 3 rings (SSSR count). The third kappa shape index (κ3) is 6.45. The van der Waals surface area contributed by atoms with E-state index in [0.29, 0.717) is 0 Å².